The van der Waals surface area contributed by atoms with Crippen LogP contribution in [0.25, 0.3) is 0 Å². The maximum Gasteiger partial charge on any atom is 0.248 e. The quantitative estimate of drug-likeness (QED) is 0.436. The van der Waals surface area contributed by atoms with Crippen LogP contribution in [0.2, 0.25) is 0 Å². The van der Waals surface area contributed by atoms with Crippen molar-refractivity contribution in [1.82, 2.24) is 4.90 Å². The minimum Gasteiger partial charge on any atom is -0.513 e. The Labute approximate surface area is 217 Å². The predicted octanol–water partition coefficient (Wildman–Crippen LogP) is 4.00. The van der Waals surface area contributed by atoms with Crippen molar-refractivity contribution in [3.05, 3.63) is 58.7 Å². The van der Waals surface area contributed by atoms with Crippen molar-refractivity contribution in [3.63, 3.8) is 0 Å². The van der Waals surface area contributed by atoms with E-state index in [0.717, 1.165) is 54.4 Å². The van der Waals surface area contributed by atoms with Crippen LogP contribution in [0.3, 0.4) is 0 Å². The average molecular weight is 535 g/mol. The van der Waals surface area contributed by atoms with Crippen LogP contribution in [0.15, 0.2) is 53.1 Å². The summed E-state index contributed by atoms with van der Waals surface area (Å²) < 4.78 is 28.6. The van der Waals surface area contributed by atoms with Crippen LogP contribution in [0.1, 0.15) is 31.2 Å². The molecule has 2 unspecified atom stereocenters. The van der Waals surface area contributed by atoms with Crippen molar-refractivity contribution in [2.24, 2.45) is 5.73 Å². The number of likely N-dealkylation sites (N-methyl/N-ethyl adjacent to an activating group) is 1. The highest BCUT2D eigenvalue weighted by Gasteiger charge is 2.59. The molecule has 1 saturated carbocycles. The van der Waals surface area contributed by atoms with Gasteiger partial charge in [-0.2, -0.15) is 0 Å². The van der Waals surface area contributed by atoms with Crippen LogP contribution in [-0.2, 0) is 16.4 Å². The van der Waals surface area contributed by atoms with Crippen molar-refractivity contribution in [1.29, 1.82) is 0 Å². The van der Waals surface area contributed by atoms with E-state index in [-0.39, 0.29) is 11.3 Å². The lowest BCUT2D eigenvalue weighted by atomic mass is 10.1. The van der Waals surface area contributed by atoms with E-state index in [1.807, 2.05) is 30.7 Å². The van der Waals surface area contributed by atoms with Gasteiger partial charge in [0, 0.05) is 42.4 Å². The number of hydrogen-bond donors (Lipinski definition) is 2. The Bertz CT molecular complexity index is 1150. The first-order valence-electron chi connectivity index (χ1n) is 12.1. The summed E-state index contributed by atoms with van der Waals surface area (Å²) in [6, 6.07) is 6.45. The Balaban J connectivity index is 1.34. The number of fused-ring (bicyclic) bond motifs is 1. The number of sulfonamides is 1. The van der Waals surface area contributed by atoms with Gasteiger partial charge in [-0.25, -0.2) is 8.42 Å². The lowest BCUT2D eigenvalue weighted by Gasteiger charge is -2.46. The van der Waals surface area contributed by atoms with E-state index in [2.05, 4.69) is 22.4 Å². The summed E-state index contributed by atoms with van der Waals surface area (Å²) in [5, 5.41) is 11.3. The number of nitrogens with two attached hydrogens (primary N) is 1. The monoisotopic (exact) mass is 534 g/mol. The molecule has 1 aromatic carbocycles. The van der Waals surface area contributed by atoms with Crippen molar-refractivity contribution in [2.75, 3.05) is 41.6 Å². The Kier molecular flexibility index (Phi) is 6.84. The van der Waals surface area contributed by atoms with Gasteiger partial charge in [-0.15, -0.1) is 23.5 Å². The first kappa shape index (κ1) is 24.9. The first-order valence-corrected chi connectivity index (χ1v) is 15.5. The molecule has 0 aromatic heterocycles. The molecular weight excluding hydrogens is 501 g/mol. The molecule has 10 heteroatoms. The van der Waals surface area contributed by atoms with Gasteiger partial charge < -0.3 is 20.6 Å². The molecule has 0 radical (unpaired) electrons. The molecule has 0 bridgehead atoms. The number of rotatable bonds is 10. The maximum absolute atomic E-state index is 13.6. The molecule has 1 fully saturated rings. The fourth-order valence-electron chi connectivity index (χ4n) is 5.42. The van der Waals surface area contributed by atoms with Crippen molar-refractivity contribution < 1.29 is 13.5 Å². The minimum atomic E-state index is -3.44. The van der Waals surface area contributed by atoms with E-state index in [1.54, 1.807) is 22.3 Å². The predicted molar refractivity (Wildman–Crippen MR) is 148 cm³/mol. The zero-order valence-corrected chi connectivity index (χ0v) is 22.5. The van der Waals surface area contributed by atoms with Gasteiger partial charge in [-0.05, 0) is 49.8 Å². The second-order valence-electron chi connectivity index (χ2n) is 9.96. The van der Waals surface area contributed by atoms with Gasteiger partial charge in [-0.3, -0.25) is 4.31 Å². The second kappa shape index (κ2) is 9.61. The molecular formula is C25H34N4O3S3. The van der Waals surface area contributed by atoms with Crippen LogP contribution < -0.4 is 14.9 Å². The Morgan fingerprint density at radius 3 is 2.89 bits per heavy atom. The third kappa shape index (κ3) is 4.70. The summed E-state index contributed by atoms with van der Waals surface area (Å²) in [6.45, 7) is 5.55. The molecule has 3 N–H and O–H groups in total. The average Bonchev–Trinajstić information content (AvgIpc) is 3.23. The van der Waals surface area contributed by atoms with Crippen LogP contribution >= 0.6 is 23.5 Å². The van der Waals surface area contributed by atoms with E-state index in [0.29, 0.717) is 25.4 Å². The molecule has 1 spiro atoms. The van der Waals surface area contributed by atoms with Crippen LogP contribution in [-0.4, -0.2) is 67.0 Å². The summed E-state index contributed by atoms with van der Waals surface area (Å²) in [7, 11) is -1.43. The topological polar surface area (TPSA) is 90.1 Å². The smallest absolute Gasteiger partial charge is 0.248 e. The Hall–Kier alpha value is -1.75. The number of aliphatic hydroxyl groups is 1. The molecule has 0 saturated heterocycles. The summed E-state index contributed by atoms with van der Waals surface area (Å²) in [4.78, 5) is 5.80. The summed E-state index contributed by atoms with van der Waals surface area (Å²) in [5.74, 6) is 1.09. The Morgan fingerprint density at radius 2 is 2.23 bits per heavy atom. The maximum atomic E-state index is 13.6. The highest BCUT2D eigenvalue weighted by Crippen LogP contribution is 2.58. The number of nitrogens with zero attached hydrogens (tertiary/aromatic N) is 3. The van der Waals surface area contributed by atoms with E-state index in [4.69, 9.17) is 5.73 Å². The highest BCUT2D eigenvalue weighted by atomic mass is 32.3. The molecule has 7 nitrogen and oxygen atoms in total. The summed E-state index contributed by atoms with van der Waals surface area (Å²) in [5.41, 5.74) is 9.08. The third-order valence-corrected chi connectivity index (χ3v) is 12.2. The normalized spacial score (nSPS) is 24.5. The van der Waals surface area contributed by atoms with E-state index >= 15 is 0 Å². The van der Waals surface area contributed by atoms with Crippen molar-refractivity contribution >= 4 is 44.9 Å². The van der Waals surface area contributed by atoms with Gasteiger partial charge in [0.2, 0.25) is 10.0 Å². The highest BCUT2D eigenvalue weighted by molar-refractivity contribution is 8.15. The van der Waals surface area contributed by atoms with Crippen LogP contribution in [0.4, 0.5) is 11.4 Å². The number of benzene rings is 1. The molecule has 3 heterocycles. The second-order valence-corrected chi connectivity index (χ2v) is 14.6. The number of anilines is 2. The fraction of sp³-hybridized carbons (Fsp3) is 0.520. The van der Waals surface area contributed by atoms with Gasteiger partial charge in [0.15, 0.2) is 0 Å². The standard InChI is InChI=1S/C25H34N4O3S3/c1-18(30)8-11-27(2)15-21(14-26)34-16-20-13-19-5-3-6-22-24(19)29(20)25(9-10-25)17-28(22)35(31,32)23-7-4-12-33-23/h3-6,12,14,20,23,30H,1,7-11,13,15-17,26H2,2H3/b21-14-. The van der Waals surface area contributed by atoms with E-state index < -0.39 is 14.6 Å². The number of aliphatic hydroxyl groups excluding tert-OH is 1. The van der Waals surface area contributed by atoms with Gasteiger partial charge in [0.05, 0.1) is 29.2 Å². The summed E-state index contributed by atoms with van der Waals surface area (Å²) in [6.07, 6.45) is 7.73. The lowest BCUT2D eigenvalue weighted by molar-refractivity contribution is 0.324. The van der Waals surface area contributed by atoms with Gasteiger partial charge >= 0.3 is 0 Å². The Morgan fingerprint density at radius 1 is 1.43 bits per heavy atom. The number of thioether (sulfide) groups is 2. The van der Waals surface area contributed by atoms with Gasteiger partial charge in [0.1, 0.15) is 4.58 Å². The molecule has 1 aliphatic carbocycles. The van der Waals surface area contributed by atoms with Gasteiger partial charge in [-0.1, -0.05) is 24.8 Å². The lowest BCUT2D eigenvalue weighted by Crippen LogP contribution is -2.56. The molecule has 5 rings (SSSR count). The fourth-order valence-corrected chi connectivity index (χ4v) is 9.67. The van der Waals surface area contributed by atoms with Crippen LogP contribution in [0.5, 0.6) is 0 Å². The molecule has 1 aromatic rings. The molecule has 35 heavy (non-hydrogen) atoms. The van der Waals surface area contributed by atoms with E-state index in [1.165, 1.54) is 17.3 Å². The third-order valence-electron chi connectivity index (χ3n) is 7.35. The number of allylic oxidation sites excluding steroid dienone is 1. The molecule has 3 aliphatic heterocycles. The molecule has 190 valence electrons. The van der Waals surface area contributed by atoms with Crippen molar-refractivity contribution in [3.8, 4) is 0 Å². The molecule has 2 atom stereocenters. The van der Waals surface area contributed by atoms with Crippen molar-refractivity contribution in [2.45, 2.75) is 48.3 Å². The van der Waals surface area contributed by atoms with Crippen LogP contribution in [0, 0.1) is 0 Å². The number of hydrogen-bond acceptors (Lipinski definition) is 8. The molecule has 4 aliphatic rings. The molecule has 0 amide bonds. The summed E-state index contributed by atoms with van der Waals surface area (Å²) >= 11 is 3.20. The zero-order chi connectivity index (χ0) is 24.8. The number of para-hydroxylation sites is 1. The SMILES string of the molecule is C=C(O)CCN(C)C/C(=C/N)SCC1Cc2cccc3c2N1C1(CC1)CN3S(=O)(=O)C1CC=CS1. The van der Waals surface area contributed by atoms with Gasteiger partial charge in [0.25, 0.3) is 0 Å². The largest absolute Gasteiger partial charge is 0.513 e. The van der Waals surface area contributed by atoms with E-state index in [9.17, 15) is 13.5 Å². The first-order chi connectivity index (χ1) is 16.7. The zero-order valence-electron chi connectivity index (χ0n) is 20.1. The minimum absolute atomic E-state index is 0.0977.